The molecule has 0 saturated carbocycles. The minimum absolute atomic E-state index is 0.0298. The first-order chi connectivity index (χ1) is 13.5. The summed E-state index contributed by atoms with van der Waals surface area (Å²) in [6.07, 6.45) is 0.984. The first-order valence-electron chi connectivity index (χ1n) is 9.43. The predicted octanol–water partition coefficient (Wildman–Crippen LogP) is 3.76. The summed E-state index contributed by atoms with van der Waals surface area (Å²) in [5.41, 5.74) is 4.04. The number of halogens is 1. The van der Waals surface area contributed by atoms with Crippen LogP contribution in [0.2, 0.25) is 0 Å². The fraction of sp³-hybridized carbons (Fsp3) is 0.333. The van der Waals surface area contributed by atoms with Gasteiger partial charge in [-0.25, -0.2) is 19.0 Å². The standard InChI is InChI=1S/C21H22FN5O/c1-4-23-20-19-17(27(26-20)21-24-12(2)9-13(3)25-21)10-15(11-18(19)28)14-5-7-16(22)8-6-14/h5-9,15H,4,10-11H2,1-3H3,(H,23,26)/t15-/m0/s1. The number of rotatable bonds is 4. The molecule has 0 spiro atoms. The Bertz CT molecular complexity index is 1020. The number of nitrogens with zero attached hydrogens (tertiary/aromatic N) is 4. The summed E-state index contributed by atoms with van der Waals surface area (Å²) in [5, 5.41) is 7.82. The fourth-order valence-electron chi connectivity index (χ4n) is 3.80. The second-order valence-corrected chi connectivity index (χ2v) is 7.14. The van der Waals surface area contributed by atoms with Gasteiger partial charge in [-0.1, -0.05) is 12.1 Å². The molecule has 0 aliphatic heterocycles. The van der Waals surface area contributed by atoms with Crippen LogP contribution >= 0.6 is 0 Å². The number of anilines is 1. The summed E-state index contributed by atoms with van der Waals surface area (Å²) >= 11 is 0. The van der Waals surface area contributed by atoms with Gasteiger partial charge < -0.3 is 5.32 Å². The molecule has 4 rings (SSSR count). The highest BCUT2D eigenvalue weighted by Crippen LogP contribution is 2.36. The van der Waals surface area contributed by atoms with Crippen molar-refractivity contribution in [1.29, 1.82) is 0 Å². The van der Waals surface area contributed by atoms with Crippen LogP contribution in [0, 0.1) is 19.7 Å². The highest BCUT2D eigenvalue weighted by molar-refractivity contribution is 6.03. The van der Waals surface area contributed by atoms with E-state index < -0.39 is 0 Å². The van der Waals surface area contributed by atoms with E-state index in [0.717, 1.165) is 22.6 Å². The normalized spacial score (nSPS) is 16.1. The van der Waals surface area contributed by atoms with E-state index in [4.69, 9.17) is 0 Å². The molecule has 1 N–H and O–H groups in total. The fourth-order valence-corrected chi connectivity index (χ4v) is 3.80. The first-order valence-corrected chi connectivity index (χ1v) is 9.43. The van der Waals surface area contributed by atoms with Gasteiger partial charge in [0.1, 0.15) is 5.82 Å². The van der Waals surface area contributed by atoms with E-state index in [1.165, 1.54) is 12.1 Å². The van der Waals surface area contributed by atoms with Crippen molar-refractivity contribution >= 4 is 11.6 Å². The number of aryl methyl sites for hydroxylation is 2. The number of ketones is 1. The maximum Gasteiger partial charge on any atom is 0.251 e. The minimum Gasteiger partial charge on any atom is -0.368 e. The quantitative estimate of drug-likeness (QED) is 0.747. The molecule has 0 amide bonds. The van der Waals surface area contributed by atoms with Gasteiger partial charge in [-0.2, -0.15) is 0 Å². The zero-order valence-corrected chi connectivity index (χ0v) is 16.2. The summed E-state index contributed by atoms with van der Waals surface area (Å²) in [6, 6.07) is 8.26. The van der Waals surface area contributed by atoms with Crippen LogP contribution in [0.4, 0.5) is 10.2 Å². The van der Waals surface area contributed by atoms with E-state index in [-0.39, 0.29) is 17.5 Å². The van der Waals surface area contributed by atoms with Crippen LogP contribution in [0.25, 0.3) is 5.95 Å². The number of Topliss-reactive ketones (excluding diaryl/α,β-unsaturated/α-hetero) is 1. The van der Waals surface area contributed by atoms with Crippen LogP contribution in [0.3, 0.4) is 0 Å². The Morgan fingerprint density at radius 3 is 2.46 bits per heavy atom. The van der Waals surface area contributed by atoms with E-state index in [1.54, 1.807) is 16.8 Å². The molecule has 0 bridgehead atoms. The Morgan fingerprint density at radius 1 is 1.14 bits per heavy atom. The van der Waals surface area contributed by atoms with E-state index in [9.17, 15) is 9.18 Å². The predicted molar refractivity (Wildman–Crippen MR) is 105 cm³/mol. The van der Waals surface area contributed by atoms with Crippen LogP contribution in [0.15, 0.2) is 30.3 Å². The van der Waals surface area contributed by atoms with Gasteiger partial charge in [-0.15, -0.1) is 5.10 Å². The second-order valence-electron chi connectivity index (χ2n) is 7.14. The van der Waals surface area contributed by atoms with Crippen molar-refractivity contribution < 1.29 is 9.18 Å². The van der Waals surface area contributed by atoms with E-state index in [1.807, 2.05) is 26.8 Å². The SMILES string of the molecule is CCNc1nn(-c2nc(C)cc(C)n2)c2c1C(=O)C[C@@H](c1ccc(F)cc1)C2. The van der Waals surface area contributed by atoms with Gasteiger partial charge in [0.15, 0.2) is 11.6 Å². The van der Waals surface area contributed by atoms with E-state index >= 15 is 0 Å². The number of nitrogens with one attached hydrogen (secondary N) is 1. The van der Waals surface area contributed by atoms with E-state index in [2.05, 4.69) is 20.4 Å². The van der Waals surface area contributed by atoms with Crippen LogP contribution in [0.5, 0.6) is 0 Å². The van der Waals surface area contributed by atoms with Gasteiger partial charge in [0.05, 0.1) is 11.3 Å². The molecule has 1 atom stereocenters. The lowest BCUT2D eigenvalue weighted by Crippen LogP contribution is -2.21. The molecular formula is C21H22FN5O. The maximum absolute atomic E-state index is 13.3. The largest absolute Gasteiger partial charge is 0.368 e. The van der Waals surface area contributed by atoms with Crippen molar-refractivity contribution in [2.24, 2.45) is 0 Å². The molecular weight excluding hydrogens is 357 g/mol. The molecule has 1 aliphatic carbocycles. The first kappa shape index (κ1) is 18.3. The third kappa shape index (κ3) is 3.28. The Balaban J connectivity index is 1.83. The number of hydrogen-bond acceptors (Lipinski definition) is 5. The number of carbonyl (C=O) groups excluding carboxylic acids is 1. The van der Waals surface area contributed by atoms with Crippen LogP contribution < -0.4 is 5.32 Å². The zero-order valence-electron chi connectivity index (χ0n) is 16.2. The highest BCUT2D eigenvalue weighted by atomic mass is 19.1. The number of fused-ring (bicyclic) bond motifs is 1. The molecule has 1 aromatic carbocycles. The summed E-state index contributed by atoms with van der Waals surface area (Å²) in [4.78, 5) is 22.0. The Morgan fingerprint density at radius 2 is 1.82 bits per heavy atom. The van der Waals surface area contributed by atoms with Gasteiger partial charge >= 0.3 is 0 Å². The average Bonchev–Trinajstić information content (AvgIpc) is 3.01. The third-order valence-electron chi connectivity index (χ3n) is 4.98. The topological polar surface area (TPSA) is 72.7 Å². The van der Waals surface area contributed by atoms with Gasteiger partial charge in [-0.05, 0) is 56.9 Å². The molecule has 7 heteroatoms. The second kappa shape index (κ2) is 7.14. The number of hydrogen-bond donors (Lipinski definition) is 1. The van der Waals surface area contributed by atoms with Crippen molar-refractivity contribution in [3.05, 3.63) is 64.4 Å². The van der Waals surface area contributed by atoms with Crippen LogP contribution in [-0.2, 0) is 6.42 Å². The summed E-state index contributed by atoms with van der Waals surface area (Å²) in [7, 11) is 0. The van der Waals surface area contributed by atoms with Crippen molar-refractivity contribution in [3.63, 3.8) is 0 Å². The Hall–Kier alpha value is -3.09. The van der Waals surface area contributed by atoms with Crippen LogP contribution in [-0.4, -0.2) is 32.1 Å². The van der Waals surface area contributed by atoms with Gasteiger partial charge in [0.25, 0.3) is 5.95 Å². The number of aromatic nitrogens is 4. The average molecular weight is 379 g/mol. The lowest BCUT2D eigenvalue weighted by Gasteiger charge is -2.23. The molecule has 3 aromatic rings. The lowest BCUT2D eigenvalue weighted by molar-refractivity contribution is 0.0964. The smallest absolute Gasteiger partial charge is 0.251 e. The zero-order chi connectivity index (χ0) is 19.8. The highest BCUT2D eigenvalue weighted by Gasteiger charge is 2.34. The maximum atomic E-state index is 13.3. The monoisotopic (exact) mass is 379 g/mol. The Labute approximate surface area is 162 Å². The molecule has 0 unspecified atom stereocenters. The number of carbonyl (C=O) groups is 1. The van der Waals surface area contributed by atoms with Gasteiger partial charge in [0.2, 0.25) is 0 Å². The van der Waals surface area contributed by atoms with Crippen molar-refractivity contribution in [1.82, 2.24) is 19.7 Å². The summed E-state index contributed by atoms with van der Waals surface area (Å²) in [5.74, 6) is 0.751. The molecule has 0 fully saturated rings. The molecule has 6 nitrogen and oxygen atoms in total. The molecule has 0 saturated heterocycles. The number of benzene rings is 1. The molecule has 28 heavy (non-hydrogen) atoms. The minimum atomic E-state index is -0.283. The lowest BCUT2D eigenvalue weighted by atomic mass is 9.82. The Kier molecular flexibility index (Phi) is 4.66. The van der Waals surface area contributed by atoms with Crippen molar-refractivity contribution in [2.75, 3.05) is 11.9 Å². The summed E-state index contributed by atoms with van der Waals surface area (Å²) < 4.78 is 15.0. The summed E-state index contributed by atoms with van der Waals surface area (Å²) in [6.45, 7) is 6.44. The molecule has 144 valence electrons. The molecule has 2 heterocycles. The third-order valence-corrected chi connectivity index (χ3v) is 4.98. The molecule has 2 aromatic heterocycles. The molecule has 0 radical (unpaired) electrons. The van der Waals surface area contributed by atoms with Gasteiger partial charge in [0, 0.05) is 24.4 Å². The van der Waals surface area contributed by atoms with E-state index in [0.29, 0.717) is 36.7 Å². The van der Waals surface area contributed by atoms with Crippen LogP contribution in [0.1, 0.15) is 52.3 Å². The molecule has 1 aliphatic rings. The van der Waals surface area contributed by atoms with Crippen molar-refractivity contribution in [3.8, 4) is 5.95 Å². The van der Waals surface area contributed by atoms with Gasteiger partial charge in [-0.3, -0.25) is 4.79 Å². The van der Waals surface area contributed by atoms with Crippen molar-refractivity contribution in [2.45, 2.75) is 39.5 Å².